The zero-order valence-electron chi connectivity index (χ0n) is 13.1. The van der Waals surface area contributed by atoms with Crippen LogP contribution in [-0.4, -0.2) is 42.5 Å². The van der Waals surface area contributed by atoms with Gasteiger partial charge in [0.25, 0.3) is 0 Å². The third kappa shape index (κ3) is 4.77. The highest BCUT2D eigenvalue weighted by molar-refractivity contribution is 5.76. The largest absolute Gasteiger partial charge is 0.464 e. The Balaban J connectivity index is 1.73. The molecule has 3 amide bonds. The van der Waals surface area contributed by atoms with Crippen molar-refractivity contribution in [1.29, 1.82) is 0 Å². The van der Waals surface area contributed by atoms with E-state index in [1.807, 2.05) is 30.9 Å². The van der Waals surface area contributed by atoms with Crippen molar-refractivity contribution < 1.29 is 14.0 Å². The Morgan fingerprint density at radius 1 is 1.41 bits per heavy atom. The van der Waals surface area contributed by atoms with E-state index in [1.54, 1.807) is 0 Å². The van der Waals surface area contributed by atoms with E-state index in [9.17, 15) is 9.59 Å². The third-order valence-electron chi connectivity index (χ3n) is 3.84. The van der Waals surface area contributed by atoms with E-state index in [0.717, 1.165) is 37.5 Å². The van der Waals surface area contributed by atoms with Crippen molar-refractivity contribution in [3.63, 3.8) is 0 Å². The molecule has 1 aliphatic rings. The Hall–Kier alpha value is -2.02. The fourth-order valence-corrected chi connectivity index (χ4v) is 2.64. The summed E-state index contributed by atoms with van der Waals surface area (Å²) in [4.78, 5) is 24.9. The van der Waals surface area contributed by atoms with Crippen molar-refractivity contribution in [3.05, 3.63) is 23.7 Å². The minimum atomic E-state index is -0.313. The molecule has 0 saturated carbocycles. The summed E-state index contributed by atoms with van der Waals surface area (Å²) in [5, 5.41) is 5.83. The highest BCUT2D eigenvalue weighted by Crippen LogP contribution is 2.15. The number of aryl methyl sites for hydroxylation is 1. The predicted molar refractivity (Wildman–Crippen MR) is 82.2 cm³/mol. The zero-order chi connectivity index (χ0) is 16.1. The standard InChI is InChI=1S/C15H24N4O3/c1-10-3-4-13(22-10)11(2)17-15(21)18-12-5-7-19(8-6-12)9-14(16)20/h3-4,11-12H,5-9H2,1-2H3,(H2,16,20)(H2,17,18,21)/t11-/m0/s1. The predicted octanol–water partition coefficient (Wildman–Crippen LogP) is 0.898. The number of primary amides is 1. The molecule has 7 nitrogen and oxygen atoms in total. The van der Waals surface area contributed by atoms with Gasteiger partial charge in [0.05, 0.1) is 12.6 Å². The van der Waals surface area contributed by atoms with Crippen molar-refractivity contribution >= 4 is 11.9 Å². The summed E-state index contributed by atoms with van der Waals surface area (Å²) in [6.07, 6.45) is 1.63. The van der Waals surface area contributed by atoms with Crippen LogP contribution in [-0.2, 0) is 4.79 Å². The highest BCUT2D eigenvalue weighted by Gasteiger charge is 2.22. The van der Waals surface area contributed by atoms with Crippen molar-refractivity contribution in [1.82, 2.24) is 15.5 Å². The molecule has 0 unspecified atom stereocenters. The van der Waals surface area contributed by atoms with E-state index in [1.165, 1.54) is 0 Å². The number of likely N-dealkylation sites (tertiary alicyclic amines) is 1. The molecule has 1 aromatic heterocycles. The van der Waals surface area contributed by atoms with Crippen LogP contribution < -0.4 is 16.4 Å². The number of carbonyl (C=O) groups is 2. The molecule has 122 valence electrons. The maximum atomic E-state index is 12.0. The maximum Gasteiger partial charge on any atom is 0.315 e. The van der Waals surface area contributed by atoms with Gasteiger partial charge in [-0.05, 0) is 38.8 Å². The topological polar surface area (TPSA) is 101 Å². The molecule has 0 aliphatic carbocycles. The summed E-state index contributed by atoms with van der Waals surface area (Å²) in [5.74, 6) is 1.25. The Labute approximate surface area is 130 Å². The molecule has 22 heavy (non-hydrogen) atoms. The zero-order valence-corrected chi connectivity index (χ0v) is 13.1. The smallest absolute Gasteiger partial charge is 0.315 e. The van der Waals surface area contributed by atoms with Crippen LogP contribution in [0.3, 0.4) is 0 Å². The van der Waals surface area contributed by atoms with E-state index in [2.05, 4.69) is 10.6 Å². The van der Waals surface area contributed by atoms with Crippen LogP contribution in [0.1, 0.15) is 37.3 Å². The molecule has 1 fully saturated rings. The lowest BCUT2D eigenvalue weighted by atomic mass is 10.1. The van der Waals surface area contributed by atoms with Crippen LogP contribution in [0.15, 0.2) is 16.5 Å². The fourth-order valence-electron chi connectivity index (χ4n) is 2.64. The maximum absolute atomic E-state index is 12.0. The summed E-state index contributed by atoms with van der Waals surface area (Å²) < 4.78 is 5.49. The molecule has 4 N–H and O–H groups in total. The lowest BCUT2D eigenvalue weighted by Crippen LogP contribution is -2.49. The second-order valence-electron chi connectivity index (χ2n) is 5.80. The number of hydrogen-bond acceptors (Lipinski definition) is 4. The van der Waals surface area contributed by atoms with Gasteiger partial charge in [0.2, 0.25) is 5.91 Å². The van der Waals surface area contributed by atoms with E-state index in [0.29, 0.717) is 0 Å². The summed E-state index contributed by atoms with van der Waals surface area (Å²) in [7, 11) is 0. The molecule has 1 atom stereocenters. The van der Waals surface area contributed by atoms with Gasteiger partial charge in [0.1, 0.15) is 11.5 Å². The number of nitrogens with one attached hydrogen (secondary N) is 2. The van der Waals surface area contributed by atoms with Gasteiger partial charge in [0.15, 0.2) is 0 Å². The van der Waals surface area contributed by atoms with Crippen LogP contribution in [0.4, 0.5) is 4.79 Å². The SMILES string of the molecule is Cc1ccc([C@H](C)NC(=O)NC2CCN(CC(N)=O)CC2)o1. The summed E-state index contributed by atoms with van der Waals surface area (Å²) in [6, 6.07) is 3.48. The van der Waals surface area contributed by atoms with Crippen molar-refractivity contribution in [2.45, 2.75) is 38.8 Å². The Morgan fingerprint density at radius 2 is 2.09 bits per heavy atom. The second-order valence-corrected chi connectivity index (χ2v) is 5.80. The molecule has 2 rings (SSSR count). The molecule has 1 aromatic rings. The minimum Gasteiger partial charge on any atom is -0.464 e. The lowest BCUT2D eigenvalue weighted by molar-refractivity contribution is -0.119. The molecular formula is C15H24N4O3. The van der Waals surface area contributed by atoms with Crippen LogP contribution in [0.5, 0.6) is 0 Å². The highest BCUT2D eigenvalue weighted by atomic mass is 16.3. The number of nitrogens with two attached hydrogens (primary N) is 1. The van der Waals surface area contributed by atoms with Gasteiger partial charge in [-0.25, -0.2) is 4.79 Å². The van der Waals surface area contributed by atoms with Crippen molar-refractivity contribution in [2.75, 3.05) is 19.6 Å². The minimum absolute atomic E-state index is 0.120. The number of rotatable bonds is 5. The molecule has 0 radical (unpaired) electrons. The normalized spacial score (nSPS) is 17.9. The van der Waals surface area contributed by atoms with E-state index < -0.39 is 0 Å². The van der Waals surface area contributed by atoms with Crippen LogP contribution in [0.25, 0.3) is 0 Å². The summed E-state index contributed by atoms with van der Waals surface area (Å²) in [5.41, 5.74) is 5.18. The first-order chi connectivity index (χ1) is 10.4. The first-order valence-corrected chi connectivity index (χ1v) is 7.58. The van der Waals surface area contributed by atoms with E-state index in [-0.39, 0.29) is 30.6 Å². The van der Waals surface area contributed by atoms with Gasteiger partial charge in [-0.15, -0.1) is 0 Å². The van der Waals surface area contributed by atoms with Crippen LogP contribution in [0.2, 0.25) is 0 Å². The Bertz CT molecular complexity index is 521. The van der Waals surface area contributed by atoms with Gasteiger partial charge < -0.3 is 20.8 Å². The van der Waals surface area contributed by atoms with Gasteiger partial charge in [-0.1, -0.05) is 0 Å². The first-order valence-electron chi connectivity index (χ1n) is 7.58. The number of amides is 3. The molecule has 2 heterocycles. The fraction of sp³-hybridized carbons (Fsp3) is 0.600. The summed E-state index contributed by atoms with van der Waals surface area (Å²) >= 11 is 0. The molecule has 0 spiro atoms. The monoisotopic (exact) mass is 308 g/mol. The summed E-state index contributed by atoms with van der Waals surface area (Å²) in [6.45, 7) is 5.57. The van der Waals surface area contributed by atoms with Gasteiger partial charge >= 0.3 is 6.03 Å². The molecule has 1 aliphatic heterocycles. The molecule has 7 heteroatoms. The average molecular weight is 308 g/mol. The third-order valence-corrected chi connectivity index (χ3v) is 3.84. The van der Waals surface area contributed by atoms with Crippen molar-refractivity contribution in [3.8, 4) is 0 Å². The van der Waals surface area contributed by atoms with Gasteiger partial charge in [-0.3, -0.25) is 9.69 Å². The number of urea groups is 1. The Morgan fingerprint density at radius 3 is 2.64 bits per heavy atom. The first kappa shape index (κ1) is 16.4. The average Bonchev–Trinajstić information content (AvgIpc) is 2.87. The molecule has 1 saturated heterocycles. The lowest BCUT2D eigenvalue weighted by Gasteiger charge is -2.31. The number of nitrogens with zero attached hydrogens (tertiary/aromatic N) is 1. The number of piperidine rings is 1. The molecule has 0 aromatic carbocycles. The number of carbonyl (C=O) groups excluding carboxylic acids is 2. The van der Waals surface area contributed by atoms with Gasteiger partial charge in [0, 0.05) is 19.1 Å². The van der Waals surface area contributed by atoms with Crippen LogP contribution >= 0.6 is 0 Å². The number of furan rings is 1. The molecule has 0 bridgehead atoms. The Kier molecular flexibility index (Phi) is 5.43. The van der Waals surface area contributed by atoms with Crippen LogP contribution in [0, 0.1) is 6.92 Å². The number of hydrogen-bond donors (Lipinski definition) is 3. The van der Waals surface area contributed by atoms with Crippen molar-refractivity contribution in [2.24, 2.45) is 5.73 Å². The second kappa shape index (κ2) is 7.31. The molecular weight excluding hydrogens is 284 g/mol. The van der Waals surface area contributed by atoms with Gasteiger partial charge in [-0.2, -0.15) is 0 Å². The quantitative estimate of drug-likeness (QED) is 0.752. The van der Waals surface area contributed by atoms with E-state index >= 15 is 0 Å². The van der Waals surface area contributed by atoms with E-state index in [4.69, 9.17) is 10.2 Å².